The number of hydrogen-bond acceptors (Lipinski definition) is 14. The lowest BCUT2D eigenvalue weighted by Crippen LogP contribution is -2.59. The Morgan fingerprint density at radius 3 is 2.51 bits per heavy atom. The smallest absolute Gasteiger partial charge is 0.319 e. The zero-order valence-electron chi connectivity index (χ0n) is 44.3. The molecular formula is C58H68F2N10O6S. The lowest BCUT2D eigenvalue weighted by molar-refractivity contribution is -0.152. The number of hydrogen-bond donors (Lipinski definition) is 4. The number of β-amino-alcohol motifs (C(OH)–C–C–N with tert-alkyl or cyclic N) is 1. The first-order chi connectivity index (χ1) is 37.0. The highest BCUT2D eigenvalue weighted by Gasteiger charge is 2.50. The Morgan fingerprint density at radius 2 is 1.77 bits per heavy atom. The Labute approximate surface area is 451 Å². The first-order valence-corrected chi connectivity index (χ1v) is 28.1. The molecular weight excluding hydrogens is 1000 g/mol. The van der Waals surface area contributed by atoms with E-state index in [1.807, 2.05) is 64.4 Å². The summed E-state index contributed by atoms with van der Waals surface area (Å²) in [5.74, 6) is -1.73. The minimum absolute atomic E-state index is 0.000962. The van der Waals surface area contributed by atoms with Crippen LogP contribution in [0.1, 0.15) is 103 Å². The SMILES string of the molecule is Cc1ncsc1-c1ccc([C@H](C)NC(=O)[C@@H]2C[C@@H](O)CN2C(=O)[C@@H](N2C(=O)CC[C@@H]2CCCN2CCC[C@H]2COc2nc(N3CC4CCC(C3)N4)c3cnc(-c4cc(O)cc5cccc(F)c45)c(F)c3n2)C(C)(C)C)cc1. The molecule has 5 aliphatic rings. The van der Waals surface area contributed by atoms with E-state index in [9.17, 15) is 24.6 Å². The second-order valence-electron chi connectivity index (χ2n) is 22.9. The number of nitrogens with zero attached hydrogens (tertiary/aromatic N) is 8. The Balaban J connectivity index is 0.767. The van der Waals surface area contributed by atoms with E-state index in [-0.39, 0.29) is 101 Å². The van der Waals surface area contributed by atoms with Gasteiger partial charge in [0.1, 0.15) is 47.3 Å². The Hall–Kier alpha value is -6.41. The van der Waals surface area contributed by atoms with Crippen molar-refractivity contribution in [2.45, 2.75) is 141 Å². The molecule has 3 aromatic carbocycles. The van der Waals surface area contributed by atoms with E-state index in [0.29, 0.717) is 48.9 Å². The molecule has 5 saturated heterocycles. The molecule has 11 rings (SSSR count). The molecule has 19 heteroatoms. The van der Waals surface area contributed by atoms with E-state index in [4.69, 9.17) is 9.72 Å². The van der Waals surface area contributed by atoms with E-state index in [2.05, 4.69) is 35.4 Å². The van der Waals surface area contributed by atoms with Gasteiger partial charge >= 0.3 is 6.01 Å². The highest BCUT2D eigenvalue weighted by molar-refractivity contribution is 7.13. The monoisotopic (exact) mass is 1070 g/mol. The van der Waals surface area contributed by atoms with Crippen LogP contribution in [0.4, 0.5) is 14.6 Å². The molecule has 3 amide bonds. The summed E-state index contributed by atoms with van der Waals surface area (Å²) in [5, 5.41) is 29.3. The summed E-state index contributed by atoms with van der Waals surface area (Å²) >= 11 is 1.58. The van der Waals surface area contributed by atoms with Crippen LogP contribution < -0.4 is 20.3 Å². The molecule has 2 unspecified atom stereocenters. The zero-order chi connectivity index (χ0) is 53.9. The largest absolute Gasteiger partial charge is 0.508 e. The number of aromatic nitrogens is 4. The summed E-state index contributed by atoms with van der Waals surface area (Å²) in [4.78, 5) is 70.3. The highest BCUT2D eigenvalue weighted by Crippen LogP contribution is 2.40. The summed E-state index contributed by atoms with van der Waals surface area (Å²) in [6.45, 7) is 12.9. The van der Waals surface area contributed by atoms with Crippen LogP contribution in [0.2, 0.25) is 0 Å². The molecule has 8 atom stereocenters. The Morgan fingerprint density at radius 1 is 0.987 bits per heavy atom. The van der Waals surface area contributed by atoms with Gasteiger partial charge in [-0.2, -0.15) is 9.97 Å². The fourth-order valence-electron chi connectivity index (χ4n) is 12.8. The number of aromatic hydroxyl groups is 1. The van der Waals surface area contributed by atoms with E-state index >= 15 is 8.78 Å². The topological polar surface area (TPSA) is 189 Å². The molecule has 0 aliphatic carbocycles. The molecule has 406 valence electrons. The number of halogens is 2. The van der Waals surface area contributed by atoms with Crippen molar-refractivity contribution >= 4 is 56.6 Å². The third-order valence-electron chi connectivity index (χ3n) is 16.6. The average molecular weight is 1070 g/mol. The molecule has 8 heterocycles. The fraction of sp³-hybridized carbons (Fsp3) is 0.500. The lowest BCUT2D eigenvalue weighted by Gasteiger charge is -2.43. The first kappa shape index (κ1) is 52.6. The number of ether oxygens (including phenoxy) is 1. The average Bonchev–Trinajstić information content (AvgIpc) is 4.26. The van der Waals surface area contributed by atoms with Crippen molar-refractivity contribution in [3.05, 3.63) is 89.2 Å². The van der Waals surface area contributed by atoms with Crippen LogP contribution in [0.15, 0.2) is 66.3 Å². The number of carbonyl (C=O) groups excluding carboxylic acids is 3. The molecule has 4 N–H and O–H groups in total. The van der Waals surface area contributed by atoms with Gasteiger partial charge in [-0.15, -0.1) is 11.3 Å². The number of pyridine rings is 1. The van der Waals surface area contributed by atoms with Crippen molar-refractivity contribution in [3.8, 4) is 33.5 Å². The van der Waals surface area contributed by atoms with Gasteiger partial charge in [0.2, 0.25) is 17.7 Å². The number of aliphatic hydroxyl groups is 1. The number of aliphatic hydroxyl groups excluding tert-OH is 1. The van der Waals surface area contributed by atoms with Gasteiger partial charge in [-0.1, -0.05) is 57.2 Å². The van der Waals surface area contributed by atoms with Gasteiger partial charge in [-0.05, 0) is 112 Å². The second-order valence-corrected chi connectivity index (χ2v) is 23.8. The molecule has 16 nitrogen and oxygen atoms in total. The number of benzene rings is 3. The number of anilines is 1. The molecule has 3 aromatic heterocycles. The Kier molecular flexibility index (Phi) is 14.7. The van der Waals surface area contributed by atoms with Crippen LogP contribution in [-0.4, -0.2) is 144 Å². The van der Waals surface area contributed by atoms with Gasteiger partial charge in [0.05, 0.1) is 33.6 Å². The standard InChI is InChI=1S/C58H68F2N10O6S/c1-32(34-13-15-35(16-14-34)52-33(2)62-31-77-52)63-55(74)46-25-42(72)29-69(46)56(75)53(58(3,4)5)70-39(19-20-47(70)73)10-7-21-67-22-8-11-40(67)30-76-57-65-51-44(54(66-57)68-27-37-17-18-38(28-68)64-37)26-61-50(49(51)60)43-24-41(71)23-36-9-6-12-45(59)48(36)43/h6,9,12-16,23-24,26,31-32,37-40,42,46,53,64,71-72H,7-8,10-11,17-22,25,27-30H2,1-5H3,(H,63,74)/t32-,37?,38?,39-,40-,42+,46-,53+/m0/s1. The summed E-state index contributed by atoms with van der Waals surface area (Å²) in [6, 6.07) is 13.5. The van der Waals surface area contributed by atoms with Crippen LogP contribution >= 0.6 is 11.3 Å². The lowest BCUT2D eigenvalue weighted by atomic mass is 9.83. The third-order valence-corrected chi connectivity index (χ3v) is 17.5. The number of fused-ring (bicyclic) bond motifs is 4. The van der Waals surface area contributed by atoms with Crippen molar-refractivity contribution in [1.82, 2.24) is 45.3 Å². The maximum absolute atomic E-state index is 17.1. The molecule has 5 aliphatic heterocycles. The number of phenols is 1. The van der Waals surface area contributed by atoms with Crippen molar-refractivity contribution in [2.75, 3.05) is 44.2 Å². The predicted octanol–water partition coefficient (Wildman–Crippen LogP) is 8.07. The van der Waals surface area contributed by atoms with E-state index in [1.165, 1.54) is 35.4 Å². The summed E-state index contributed by atoms with van der Waals surface area (Å²) in [5.41, 5.74) is 4.02. The molecule has 77 heavy (non-hydrogen) atoms. The van der Waals surface area contributed by atoms with Gasteiger partial charge in [-0.25, -0.2) is 13.8 Å². The van der Waals surface area contributed by atoms with Crippen molar-refractivity contribution in [2.24, 2.45) is 5.41 Å². The summed E-state index contributed by atoms with van der Waals surface area (Å²) in [7, 11) is 0. The van der Waals surface area contributed by atoms with Gasteiger partial charge < -0.3 is 40.3 Å². The molecule has 0 radical (unpaired) electrons. The number of phenolic OH excluding ortho intramolecular Hbond substituents is 1. The number of likely N-dealkylation sites (tertiary alicyclic amines) is 3. The van der Waals surface area contributed by atoms with Gasteiger partial charge in [0, 0.05) is 73.8 Å². The van der Waals surface area contributed by atoms with E-state index in [0.717, 1.165) is 66.9 Å². The number of aryl methyl sites for hydroxylation is 1. The van der Waals surface area contributed by atoms with Crippen LogP contribution in [0, 0.1) is 24.0 Å². The number of rotatable bonds is 15. The number of carbonyl (C=O) groups is 3. The van der Waals surface area contributed by atoms with Crippen LogP contribution in [0.25, 0.3) is 43.4 Å². The number of thiazole rings is 1. The first-order valence-electron chi connectivity index (χ1n) is 27.2. The van der Waals surface area contributed by atoms with Crippen LogP contribution in [0.5, 0.6) is 11.8 Å². The maximum Gasteiger partial charge on any atom is 0.319 e. The maximum atomic E-state index is 17.1. The van der Waals surface area contributed by atoms with Gasteiger partial charge in [0.25, 0.3) is 0 Å². The van der Waals surface area contributed by atoms with E-state index in [1.54, 1.807) is 22.3 Å². The molecule has 0 spiro atoms. The van der Waals surface area contributed by atoms with Crippen LogP contribution in [-0.2, 0) is 14.4 Å². The normalized spacial score (nSPS) is 23.6. The minimum Gasteiger partial charge on any atom is -0.508 e. The van der Waals surface area contributed by atoms with Gasteiger partial charge in [-0.3, -0.25) is 24.3 Å². The zero-order valence-corrected chi connectivity index (χ0v) is 45.2. The van der Waals surface area contributed by atoms with Crippen LogP contribution in [0.3, 0.4) is 0 Å². The van der Waals surface area contributed by atoms with Crippen molar-refractivity contribution in [3.63, 3.8) is 0 Å². The van der Waals surface area contributed by atoms with Gasteiger partial charge in [0.15, 0.2) is 5.82 Å². The molecule has 2 bridgehead atoms. The number of nitrogens with one attached hydrogen (secondary N) is 2. The molecule has 5 fully saturated rings. The van der Waals surface area contributed by atoms with E-state index < -0.39 is 35.2 Å². The summed E-state index contributed by atoms with van der Waals surface area (Å²) < 4.78 is 38.9. The number of piperazine rings is 1. The highest BCUT2D eigenvalue weighted by atomic mass is 32.1. The molecule has 0 saturated carbocycles. The predicted molar refractivity (Wildman–Crippen MR) is 291 cm³/mol. The Bertz CT molecular complexity index is 3200. The third kappa shape index (κ3) is 10.6. The molecule has 6 aromatic rings. The quantitative estimate of drug-likeness (QED) is 0.0774. The van der Waals surface area contributed by atoms with Crippen molar-refractivity contribution in [1.29, 1.82) is 0 Å². The number of amides is 3. The fourth-order valence-corrected chi connectivity index (χ4v) is 13.6. The summed E-state index contributed by atoms with van der Waals surface area (Å²) in [6.07, 6.45) is 6.95. The second kappa shape index (κ2) is 21.4. The van der Waals surface area contributed by atoms with Crippen molar-refractivity contribution < 1.29 is 38.1 Å². The minimum atomic E-state index is -0.900.